The van der Waals surface area contributed by atoms with Crippen molar-refractivity contribution in [1.29, 1.82) is 0 Å². The second-order valence-electron chi connectivity index (χ2n) is 7.18. The normalized spacial score (nSPS) is 12.0. The summed E-state index contributed by atoms with van der Waals surface area (Å²) in [4.78, 5) is 8.79. The molecule has 27 heavy (non-hydrogen) atoms. The van der Waals surface area contributed by atoms with Crippen molar-refractivity contribution in [3.8, 4) is 22.9 Å². The molecule has 0 bridgehead atoms. The van der Waals surface area contributed by atoms with Gasteiger partial charge in [0.2, 0.25) is 0 Å². The zero-order chi connectivity index (χ0) is 19.3. The lowest BCUT2D eigenvalue weighted by molar-refractivity contribution is 0.302. The highest BCUT2D eigenvalue weighted by Crippen LogP contribution is 2.21. The van der Waals surface area contributed by atoms with Crippen molar-refractivity contribution in [1.82, 2.24) is 9.97 Å². The Kier molecular flexibility index (Phi) is 9.67. The molecule has 4 nitrogen and oxygen atoms in total. The van der Waals surface area contributed by atoms with Gasteiger partial charge in [-0.3, -0.25) is 0 Å². The number of unbranched alkanes of at least 4 members (excludes halogenated alkanes) is 3. The van der Waals surface area contributed by atoms with Crippen LogP contribution >= 0.6 is 0 Å². The predicted octanol–water partition coefficient (Wildman–Crippen LogP) is 6.31. The van der Waals surface area contributed by atoms with Gasteiger partial charge in [0.1, 0.15) is 5.75 Å². The van der Waals surface area contributed by atoms with Crippen LogP contribution < -0.4 is 9.47 Å². The quantitative estimate of drug-likeness (QED) is 0.388. The van der Waals surface area contributed by atoms with Crippen LogP contribution in [0.5, 0.6) is 11.5 Å². The van der Waals surface area contributed by atoms with Gasteiger partial charge in [0.05, 0.1) is 25.6 Å². The monoisotopic (exact) mass is 370 g/mol. The van der Waals surface area contributed by atoms with E-state index in [1.165, 1.54) is 25.7 Å². The van der Waals surface area contributed by atoms with Crippen molar-refractivity contribution >= 4 is 0 Å². The summed E-state index contributed by atoms with van der Waals surface area (Å²) in [5.74, 6) is 3.17. The molecule has 0 aliphatic heterocycles. The van der Waals surface area contributed by atoms with Crippen LogP contribution in [0.3, 0.4) is 0 Å². The van der Waals surface area contributed by atoms with E-state index >= 15 is 0 Å². The van der Waals surface area contributed by atoms with Crippen LogP contribution in [-0.2, 0) is 0 Å². The summed E-state index contributed by atoms with van der Waals surface area (Å²) in [6.07, 6.45) is 11.9. The third kappa shape index (κ3) is 7.98. The minimum absolute atomic E-state index is 0.703. The highest BCUT2D eigenvalue weighted by atomic mass is 16.5. The van der Waals surface area contributed by atoms with E-state index in [2.05, 4.69) is 30.7 Å². The fourth-order valence-corrected chi connectivity index (χ4v) is 2.74. The smallest absolute Gasteiger partial charge is 0.159 e. The first-order chi connectivity index (χ1) is 13.2. The fraction of sp³-hybridized carbons (Fsp3) is 0.565. The first-order valence-electron chi connectivity index (χ1n) is 10.4. The van der Waals surface area contributed by atoms with Crippen LogP contribution in [-0.4, -0.2) is 23.2 Å². The molecule has 0 N–H and O–H groups in total. The Morgan fingerprint density at radius 3 is 2.15 bits per heavy atom. The molecule has 1 atom stereocenters. The lowest BCUT2D eigenvalue weighted by Gasteiger charge is -2.09. The maximum atomic E-state index is 5.84. The number of hydrogen-bond acceptors (Lipinski definition) is 4. The molecule has 0 aliphatic rings. The van der Waals surface area contributed by atoms with Gasteiger partial charge in [0.15, 0.2) is 11.6 Å². The molecule has 2 rings (SSSR count). The van der Waals surface area contributed by atoms with E-state index in [9.17, 15) is 0 Å². The van der Waals surface area contributed by atoms with Crippen molar-refractivity contribution in [2.24, 2.45) is 5.92 Å². The number of nitrogens with zero attached hydrogens (tertiary/aromatic N) is 2. The van der Waals surface area contributed by atoms with Crippen LogP contribution in [0.2, 0.25) is 0 Å². The number of benzene rings is 1. The second-order valence-corrected chi connectivity index (χ2v) is 7.18. The Morgan fingerprint density at radius 2 is 1.48 bits per heavy atom. The number of aromatic nitrogens is 2. The van der Waals surface area contributed by atoms with Crippen LogP contribution in [0.4, 0.5) is 0 Å². The summed E-state index contributed by atoms with van der Waals surface area (Å²) in [6.45, 7) is 8.22. The third-order valence-corrected chi connectivity index (χ3v) is 4.81. The molecule has 0 aliphatic carbocycles. The van der Waals surface area contributed by atoms with E-state index in [1.54, 1.807) is 12.4 Å². The summed E-state index contributed by atoms with van der Waals surface area (Å²) in [7, 11) is 0. The average Bonchev–Trinajstić information content (AvgIpc) is 2.71. The van der Waals surface area contributed by atoms with Crippen LogP contribution in [0, 0.1) is 5.92 Å². The van der Waals surface area contributed by atoms with Crippen LogP contribution in [0.25, 0.3) is 11.4 Å². The molecule has 0 radical (unpaired) electrons. The van der Waals surface area contributed by atoms with Crippen molar-refractivity contribution in [2.45, 2.75) is 65.7 Å². The molecule has 4 heteroatoms. The molecular weight excluding hydrogens is 336 g/mol. The van der Waals surface area contributed by atoms with Crippen molar-refractivity contribution in [3.05, 3.63) is 36.7 Å². The summed E-state index contributed by atoms with van der Waals surface area (Å²) < 4.78 is 11.4. The molecule has 0 fully saturated rings. The third-order valence-electron chi connectivity index (χ3n) is 4.81. The Balaban J connectivity index is 1.73. The lowest BCUT2D eigenvalue weighted by atomic mass is 10.0. The molecule has 148 valence electrons. The Bertz CT molecular complexity index is 626. The summed E-state index contributed by atoms with van der Waals surface area (Å²) in [6, 6.07) is 7.99. The highest BCUT2D eigenvalue weighted by molar-refractivity contribution is 5.56. The van der Waals surface area contributed by atoms with Crippen LogP contribution in [0.1, 0.15) is 65.7 Å². The topological polar surface area (TPSA) is 44.2 Å². The zero-order valence-corrected chi connectivity index (χ0v) is 17.1. The minimum Gasteiger partial charge on any atom is -0.494 e. The minimum atomic E-state index is 0.703. The Hall–Kier alpha value is -2.10. The standard InChI is InChI=1S/C23H34N2O2/c1-4-6-15-27-22-17-24-23(25-18-22)20-11-13-21(14-12-20)26-16-9-7-8-10-19(3)5-2/h11-14,17-19H,4-10,15-16H2,1-3H3. The van der Waals surface area contributed by atoms with E-state index < -0.39 is 0 Å². The molecule has 1 heterocycles. The average molecular weight is 371 g/mol. The van der Waals surface area contributed by atoms with Crippen LogP contribution in [0.15, 0.2) is 36.7 Å². The van der Waals surface area contributed by atoms with Gasteiger partial charge in [-0.1, -0.05) is 52.9 Å². The van der Waals surface area contributed by atoms with E-state index in [0.717, 1.165) is 48.8 Å². The molecule has 0 spiro atoms. The fourth-order valence-electron chi connectivity index (χ4n) is 2.74. The van der Waals surface area contributed by atoms with Crippen molar-refractivity contribution in [2.75, 3.05) is 13.2 Å². The first-order valence-corrected chi connectivity index (χ1v) is 10.4. The lowest BCUT2D eigenvalue weighted by Crippen LogP contribution is -1.99. The molecular formula is C23H34N2O2. The van der Waals surface area contributed by atoms with Crippen molar-refractivity contribution < 1.29 is 9.47 Å². The van der Waals surface area contributed by atoms with Gasteiger partial charge < -0.3 is 9.47 Å². The van der Waals surface area contributed by atoms with Gasteiger partial charge in [-0.25, -0.2) is 9.97 Å². The maximum Gasteiger partial charge on any atom is 0.159 e. The maximum absolute atomic E-state index is 5.84. The van der Waals surface area contributed by atoms with Gasteiger partial charge in [-0.15, -0.1) is 0 Å². The van der Waals surface area contributed by atoms with E-state index in [4.69, 9.17) is 9.47 Å². The highest BCUT2D eigenvalue weighted by Gasteiger charge is 2.03. The molecule has 2 aromatic rings. The predicted molar refractivity (Wildman–Crippen MR) is 111 cm³/mol. The number of ether oxygens (including phenoxy) is 2. The SMILES string of the molecule is CCCCOc1cnc(-c2ccc(OCCCCCC(C)CC)cc2)nc1. The molecule has 0 amide bonds. The first kappa shape index (κ1) is 21.2. The molecule has 1 unspecified atom stereocenters. The Morgan fingerprint density at radius 1 is 0.815 bits per heavy atom. The number of hydrogen-bond donors (Lipinski definition) is 0. The summed E-state index contributed by atoms with van der Waals surface area (Å²) in [5, 5.41) is 0. The van der Waals surface area contributed by atoms with Gasteiger partial charge in [-0.05, 0) is 43.0 Å². The molecule has 0 saturated carbocycles. The summed E-state index contributed by atoms with van der Waals surface area (Å²) >= 11 is 0. The van der Waals surface area contributed by atoms with Gasteiger partial charge in [0, 0.05) is 5.56 Å². The second kappa shape index (κ2) is 12.3. The van der Waals surface area contributed by atoms with E-state index in [1.807, 2.05) is 24.3 Å². The van der Waals surface area contributed by atoms with Crippen molar-refractivity contribution in [3.63, 3.8) is 0 Å². The Labute approximate surface area is 164 Å². The molecule has 0 saturated heterocycles. The molecule has 1 aromatic heterocycles. The molecule has 1 aromatic carbocycles. The van der Waals surface area contributed by atoms with Gasteiger partial charge in [0.25, 0.3) is 0 Å². The van der Waals surface area contributed by atoms with Gasteiger partial charge >= 0.3 is 0 Å². The largest absolute Gasteiger partial charge is 0.494 e. The van der Waals surface area contributed by atoms with Gasteiger partial charge in [-0.2, -0.15) is 0 Å². The summed E-state index contributed by atoms with van der Waals surface area (Å²) in [5.41, 5.74) is 0.982. The zero-order valence-electron chi connectivity index (χ0n) is 17.1. The van der Waals surface area contributed by atoms with E-state index in [-0.39, 0.29) is 0 Å². The number of rotatable bonds is 13. The van der Waals surface area contributed by atoms with E-state index in [0.29, 0.717) is 12.4 Å².